The lowest BCUT2D eigenvalue weighted by Gasteiger charge is -2.08. The number of amides is 2. The molecule has 2 N–H and O–H groups in total. The molecule has 10 heteroatoms. The van der Waals surface area contributed by atoms with E-state index in [1.807, 2.05) is 17.6 Å². The third kappa shape index (κ3) is 3.13. The standard InChI is InChI=1S/C16H14F3N5O2/c1-23-7-10(9-5-3-4-6-12(9)23)14(25)20-21-15(26)11-8-24(2)22-13(11)16(17,18)19/h3-8H,1-2H3,(H,20,25)(H,21,26). The van der Waals surface area contributed by atoms with Gasteiger partial charge in [0.15, 0.2) is 5.69 Å². The van der Waals surface area contributed by atoms with E-state index >= 15 is 0 Å². The van der Waals surface area contributed by atoms with Gasteiger partial charge in [0.25, 0.3) is 11.8 Å². The minimum atomic E-state index is -4.78. The Morgan fingerprint density at radius 2 is 1.62 bits per heavy atom. The summed E-state index contributed by atoms with van der Waals surface area (Å²) in [6, 6.07) is 7.11. The van der Waals surface area contributed by atoms with E-state index in [9.17, 15) is 22.8 Å². The Kier molecular flexibility index (Phi) is 4.18. The zero-order valence-electron chi connectivity index (χ0n) is 13.8. The summed E-state index contributed by atoms with van der Waals surface area (Å²) < 4.78 is 41.4. The molecule has 2 amide bonds. The van der Waals surface area contributed by atoms with Gasteiger partial charge >= 0.3 is 6.18 Å². The molecule has 1 aromatic carbocycles. The highest BCUT2D eigenvalue weighted by Gasteiger charge is 2.39. The van der Waals surface area contributed by atoms with Crippen LogP contribution in [0.25, 0.3) is 10.9 Å². The van der Waals surface area contributed by atoms with E-state index in [4.69, 9.17) is 0 Å². The zero-order chi connectivity index (χ0) is 19.1. The molecule has 0 spiro atoms. The van der Waals surface area contributed by atoms with Gasteiger partial charge in [0.05, 0.1) is 11.1 Å². The summed E-state index contributed by atoms with van der Waals surface area (Å²) in [5.41, 5.74) is 3.21. The lowest BCUT2D eigenvalue weighted by atomic mass is 10.2. The van der Waals surface area contributed by atoms with Crippen molar-refractivity contribution in [3.8, 4) is 0 Å². The van der Waals surface area contributed by atoms with Crippen molar-refractivity contribution in [2.75, 3.05) is 0 Å². The molecule has 0 aliphatic rings. The number of hydrogen-bond acceptors (Lipinski definition) is 3. The van der Waals surface area contributed by atoms with Crippen LogP contribution < -0.4 is 10.9 Å². The highest BCUT2D eigenvalue weighted by atomic mass is 19.4. The Bertz CT molecular complexity index is 1000. The molecule has 3 aromatic rings. The van der Waals surface area contributed by atoms with Crippen molar-refractivity contribution >= 4 is 22.7 Å². The highest BCUT2D eigenvalue weighted by Crippen LogP contribution is 2.30. The minimum Gasteiger partial charge on any atom is -0.350 e. The summed E-state index contributed by atoms with van der Waals surface area (Å²) >= 11 is 0. The first-order valence-electron chi connectivity index (χ1n) is 7.44. The van der Waals surface area contributed by atoms with Crippen molar-refractivity contribution in [2.45, 2.75) is 6.18 Å². The third-order valence-electron chi connectivity index (χ3n) is 3.77. The number of aromatic nitrogens is 3. The van der Waals surface area contributed by atoms with E-state index in [0.717, 1.165) is 16.4 Å². The molecule has 0 unspecified atom stereocenters. The first kappa shape index (κ1) is 17.5. The van der Waals surface area contributed by atoms with Crippen molar-refractivity contribution in [2.24, 2.45) is 14.1 Å². The number of hydrazine groups is 1. The number of nitrogens with zero attached hydrogens (tertiary/aromatic N) is 3. The van der Waals surface area contributed by atoms with E-state index in [1.165, 1.54) is 7.05 Å². The molecule has 0 radical (unpaired) electrons. The second-order valence-corrected chi connectivity index (χ2v) is 5.64. The fourth-order valence-electron chi connectivity index (χ4n) is 2.63. The van der Waals surface area contributed by atoms with Crippen LogP contribution in [0.1, 0.15) is 26.4 Å². The second kappa shape index (κ2) is 6.21. The van der Waals surface area contributed by atoms with Crippen LogP contribution in [0.3, 0.4) is 0 Å². The van der Waals surface area contributed by atoms with E-state index in [2.05, 4.69) is 10.5 Å². The van der Waals surface area contributed by atoms with Crippen molar-refractivity contribution in [3.05, 3.63) is 53.5 Å². The zero-order valence-corrected chi connectivity index (χ0v) is 13.8. The van der Waals surface area contributed by atoms with Gasteiger partial charge in [-0.1, -0.05) is 18.2 Å². The normalized spacial score (nSPS) is 11.6. The molecule has 0 aliphatic carbocycles. The molecule has 2 aromatic heterocycles. The van der Waals surface area contributed by atoms with Crippen LogP contribution in [-0.2, 0) is 20.3 Å². The molecule has 0 aliphatic heterocycles. The maximum atomic E-state index is 12.9. The monoisotopic (exact) mass is 365 g/mol. The van der Waals surface area contributed by atoms with Crippen LogP contribution in [0.15, 0.2) is 36.7 Å². The number of fused-ring (bicyclic) bond motifs is 1. The summed E-state index contributed by atoms with van der Waals surface area (Å²) in [7, 11) is 3.02. The SMILES string of the molecule is Cn1cc(C(=O)NNC(=O)c2cn(C)c3ccccc23)c(C(F)(F)F)n1. The van der Waals surface area contributed by atoms with Gasteiger partial charge in [0.2, 0.25) is 0 Å². The van der Waals surface area contributed by atoms with Crippen molar-refractivity contribution < 1.29 is 22.8 Å². The molecule has 2 heterocycles. The maximum Gasteiger partial charge on any atom is 0.435 e. The number of carbonyl (C=O) groups is 2. The summed E-state index contributed by atoms with van der Waals surface area (Å²) in [5, 5.41) is 3.90. The summed E-state index contributed by atoms with van der Waals surface area (Å²) in [6.45, 7) is 0. The van der Waals surface area contributed by atoms with Crippen molar-refractivity contribution in [1.82, 2.24) is 25.2 Å². The Balaban J connectivity index is 1.79. The van der Waals surface area contributed by atoms with E-state index in [1.54, 1.807) is 29.9 Å². The molecule has 3 rings (SSSR count). The van der Waals surface area contributed by atoms with Gasteiger partial charge < -0.3 is 4.57 Å². The van der Waals surface area contributed by atoms with Gasteiger partial charge in [-0.25, -0.2) is 0 Å². The lowest BCUT2D eigenvalue weighted by molar-refractivity contribution is -0.141. The number of carbonyl (C=O) groups excluding carboxylic acids is 2. The van der Waals surface area contributed by atoms with E-state index in [-0.39, 0.29) is 5.56 Å². The Morgan fingerprint density at radius 1 is 1.00 bits per heavy atom. The first-order chi connectivity index (χ1) is 12.2. The van der Waals surface area contributed by atoms with Gasteiger partial charge in [0, 0.05) is 37.4 Å². The van der Waals surface area contributed by atoms with Gasteiger partial charge in [-0.2, -0.15) is 18.3 Å². The van der Waals surface area contributed by atoms with E-state index in [0.29, 0.717) is 5.39 Å². The number of nitrogens with one attached hydrogen (secondary N) is 2. The summed E-state index contributed by atoms with van der Waals surface area (Å²) in [5.74, 6) is -1.76. The van der Waals surface area contributed by atoms with Crippen LogP contribution in [0.5, 0.6) is 0 Å². The first-order valence-corrected chi connectivity index (χ1v) is 7.44. The van der Waals surface area contributed by atoms with Crippen LogP contribution in [0.4, 0.5) is 13.2 Å². The Labute approximate surface area is 145 Å². The van der Waals surface area contributed by atoms with Crippen LogP contribution in [0, 0.1) is 0 Å². The molecule has 0 bridgehead atoms. The number of benzene rings is 1. The largest absolute Gasteiger partial charge is 0.435 e. The molecule has 0 fully saturated rings. The molecular formula is C16H14F3N5O2. The molecule has 0 saturated heterocycles. The number of rotatable bonds is 2. The molecular weight excluding hydrogens is 351 g/mol. The second-order valence-electron chi connectivity index (χ2n) is 5.64. The Hall–Kier alpha value is -3.30. The fourth-order valence-corrected chi connectivity index (χ4v) is 2.63. The van der Waals surface area contributed by atoms with Crippen LogP contribution in [-0.4, -0.2) is 26.2 Å². The fraction of sp³-hybridized carbons (Fsp3) is 0.188. The molecule has 0 atom stereocenters. The van der Waals surface area contributed by atoms with Crippen molar-refractivity contribution in [3.63, 3.8) is 0 Å². The number of para-hydroxylation sites is 1. The van der Waals surface area contributed by atoms with Crippen LogP contribution in [0.2, 0.25) is 0 Å². The van der Waals surface area contributed by atoms with Gasteiger partial charge in [0.1, 0.15) is 0 Å². The summed E-state index contributed by atoms with van der Waals surface area (Å²) in [6.07, 6.45) is -2.28. The predicted octanol–water partition coefficient (Wildman–Crippen LogP) is 2.01. The minimum absolute atomic E-state index is 0.283. The average molecular weight is 365 g/mol. The topological polar surface area (TPSA) is 81.0 Å². The van der Waals surface area contributed by atoms with Gasteiger partial charge in [-0.3, -0.25) is 25.1 Å². The summed E-state index contributed by atoms with van der Waals surface area (Å²) in [4.78, 5) is 24.4. The predicted molar refractivity (Wildman–Crippen MR) is 86.1 cm³/mol. The average Bonchev–Trinajstić information content (AvgIpc) is 3.13. The maximum absolute atomic E-state index is 12.9. The van der Waals surface area contributed by atoms with Gasteiger partial charge in [-0.15, -0.1) is 0 Å². The number of hydrogen-bond donors (Lipinski definition) is 2. The quantitative estimate of drug-likeness (QED) is 0.682. The molecule has 0 saturated carbocycles. The highest BCUT2D eigenvalue weighted by molar-refractivity contribution is 6.08. The van der Waals surface area contributed by atoms with Crippen molar-refractivity contribution in [1.29, 1.82) is 0 Å². The van der Waals surface area contributed by atoms with E-state index < -0.39 is 29.2 Å². The molecule has 136 valence electrons. The number of halogens is 3. The smallest absolute Gasteiger partial charge is 0.350 e. The number of aryl methyl sites for hydroxylation is 2. The lowest BCUT2D eigenvalue weighted by Crippen LogP contribution is -2.42. The third-order valence-corrected chi connectivity index (χ3v) is 3.77. The number of alkyl halides is 3. The van der Waals surface area contributed by atoms with Crippen LogP contribution >= 0.6 is 0 Å². The molecule has 7 nitrogen and oxygen atoms in total. The Morgan fingerprint density at radius 3 is 2.27 bits per heavy atom. The van der Waals surface area contributed by atoms with Gasteiger partial charge in [-0.05, 0) is 6.07 Å². The molecule has 26 heavy (non-hydrogen) atoms.